The van der Waals surface area contributed by atoms with Crippen molar-refractivity contribution >= 4 is 11.8 Å². The van der Waals surface area contributed by atoms with Gasteiger partial charge in [0.1, 0.15) is 0 Å². The fourth-order valence-electron chi connectivity index (χ4n) is 3.81. The average molecular weight is 359 g/mol. The highest BCUT2D eigenvalue weighted by atomic mass is 16.5. The van der Waals surface area contributed by atoms with Crippen LogP contribution in [-0.2, 0) is 17.9 Å². The Morgan fingerprint density at radius 3 is 2.81 bits per heavy atom. The van der Waals surface area contributed by atoms with Crippen LogP contribution in [-0.4, -0.2) is 34.8 Å². The molecule has 2 amide bonds. The van der Waals surface area contributed by atoms with Crippen LogP contribution in [0.3, 0.4) is 0 Å². The quantitative estimate of drug-likeness (QED) is 0.812. The second-order valence-electron chi connectivity index (χ2n) is 7.52. The van der Waals surface area contributed by atoms with E-state index in [1.54, 1.807) is 7.11 Å². The molecule has 1 saturated carbocycles. The lowest BCUT2D eigenvalue weighted by Gasteiger charge is -2.22. The Labute approximate surface area is 155 Å². The molecule has 0 saturated heterocycles. The normalized spacial score (nSPS) is 18.1. The minimum Gasteiger partial charge on any atom is -0.481 e. The van der Waals surface area contributed by atoms with Gasteiger partial charge in [-0.3, -0.25) is 9.59 Å². The third kappa shape index (κ3) is 3.84. The standard InChI is InChI=1S/C20H29N3O3/c1-4-13(2)9-18(24)21-11-14-10-16-17(22-19(14)26-3)12-23(20(16)25)15-7-5-6-8-15/h10,13,15H,4-9,11-12H2,1-3H3,(H,21,24)/t13-/m0/s1. The zero-order valence-corrected chi connectivity index (χ0v) is 16.0. The molecule has 1 fully saturated rings. The van der Waals surface area contributed by atoms with Gasteiger partial charge in [-0.05, 0) is 24.8 Å². The summed E-state index contributed by atoms with van der Waals surface area (Å²) in [6.45, 7) is 5.03. The number of aromatic nitrogens is 1. The minimum absolute atomic E-state index is 0.0146. The third-order valence-corrected chi connectivity index (χ3v) is 5.62. The molecule has 26 heavy (non-hydrogen) atoms. The maximum atomic E-state index is 12.8. The lowest BCUT2D eigenvalue weighted by Crippen LogP contribution is -2.33. The summed E-state index contributed by atoms with van der Waals surface area (Å²) in [6, 6.07) is 2.18. The van der Waals surface area contributed by atoms with Crippen LogP contribution < -0.4 is 10.1 Å². The van der Waals surface area contributed by atoms with Crippen molar-refractivity contribution in [1.82, 2.24) is 15.2 Å². The first-order chi connectivity index (χ1) is 12.5. The Morgan fingerprint density at radius 1 is 1.42 bits per heavy atom. The van der Waals surface area contributed by atoms with Crippen LogP contribution in [0.1, 0.15) is 74.0 Å². The third-order valence-electron chi connectivity index (χ3n) is 5.62. The maximum Gasteiger partial charge on any atom is 0.256 e. The number of carbonyl (C=O) groups excluding carboxylic acids is 2. The highest BCUT2D eigenvalue weighted by molar-refractivity contribution is 5.98. The maximum absolute atomic E-state index is 12.8. The highest BCUT2D eigenvalue weighted by Crippen LogP contribution is 2.33. The molecule has 0 bridgehead atoms. The molecule has 1 N–H and O–H groups in total. The van der Waals surface area contributed by atoms with Crippen LogP contribution >= 0.6 is 0 Å². The molecule has 0 unspecified atom stereocenters. The fraction of sp³-hybridized carbons (Fsp3) is 0.650. The van der Waals surface area contributed by atoms with E-state index in [4.69, 9.17) is 4.74 Å². The van der Waals surface area contributed by atoms with E-state index in [1.807, 2.05) is 11.0 Å². The van der Waals surface area contributed by atoms with Crippen LogP contribution in [0.4, 0.5) is 0 Å². The predicted molar refractivity (Wildman–Crippen MR) is 98.8 cm³/mol. The van der Waals surface area contributed by atoms with Gasteiger partial charge in [0, 0.05) is 24.6 Å². The molecule has 1 aromatic heterocycles. The van der Waals surface area contributed by atoms with Crippen molar-refractivity contribution in [3.63, 3.8) is 0 Å². The summed E-state index contributed by atoms with van der Waals surface area (Å²) >= 11 is 0. The van der Waals surface area contributed by atoms with Gasteiger partial charge in [0.15, 0.2) is 0 Å². The summed E-state index contributed by atoms with van der Waals surface area (Å²) in [5.41, 5.74) is 2.20. The van der Waals surface area contributed by atoms with E-state index >= 15 is 0 Å². The average Bonchev–Trinajstić information content (AvgIpc) is 3.27. The molecule has 6 nitrogen and oxygen atoms in total. The Bertz CT molecular complexity index is 683. The number of hydrogen-bond acceptors (Lipinski definition) is 4. The van der Waals surface area contributed by atoms with E-state index in [1.165, 1.54) is 12.8 Å². The van der Waals surface area contributed by atoms with Crippen LogP contribution in [0.5, 0.6) is 5.88 Å². The molecule has 1 aliphatic heterocycles. The van der Waals surface area contributed by atoms with Crippen LogP contribution in [0.25, 0.3) is 0 Å². The van der Waals surface area contributed by atoms with Crippen molar-refractivity contribution in [1.29, 1.82) is 0 Å². The number of rotatable bonds is 7. The van der Waals surface area contributed by atoms with Crippen molar-refractivity contribution < 1.29 is 14.3 Å². The molecule has 0 radical (unpaired) electrons. The monoisotopic (exact) mass is 359 g/mol. The Balaban J connectivity index is 1.73. The van der Waals surface area contributed by atoms with Gasteiger partial charge < -0.3 is 15.0 Å². The number of fused-ring (bicyclic) bond motifs is 1. The molecular weight excluding hydrogens is 330 g/mol. The van der Waals surface area contributed by atoms with Gasteiger partial charge in [-0.15, -0.1) is 0 Å². The zero-order chi connectivity index (χ0) is 18.7. The molecule has 142 valence electrons. The summed E-state index contributed by atoms with van der Waals surface area (Å²) in [5, 5.41) is 2.93. The molecule has 1 atom stereocenters. The van der Waals surface area contributed by atoms with Crippen molar-refractivity contribution in [2.24, 2.45) is 5.92 Å². The van der Waals surface area contributed by atoms with E-state index in [0.29, 0.717) is 42.9 Å². The molecule has 2 aliphatic rings. The first-order valence-corrected chi connectivity index (χ1v) is 9.67. The van der Waals surface area contributed by atoms with E-state index < -0.39 is 0 Å². The number of carbonyl (C=O) groups is 2. The number of nitrogens with zero attached hydrogens (tertiary/aromatic N) is 2. The number of methoxy groups -OCH3 is 1. The van der Waals surface area contributed by atoms with E-state index in [0.717, 1.165) is 30.5 Å². The van der Waals surface area contributed by atoms with Crippen LogP contribution in [0, 0.1) is 5.92 Å². The summed E-state index contributed by atoms with van der Waals surface area (Å²) in [6.07, 6.45) is 6.02. The number of pyridine rings is 1. The van der Waals surface area contributed by atoms with Gasteiger partial charge in [-0.1, -0.05) is 33.1 Å². The molecule has 1 aliphatic carbocycles. The zero-order valence-electron chi connectivity index (χ0n) is 16.0. The van der Waals surface area contributed by atoms with Gasteiger partial charge >= 0.3 is 0 Å². The number of nitrogens with one attached hydrogen (secondary N) is 1. The molecule has 1 aromatic rings. The first-order valence-electron chi connectivity index (χ1n) is 9.67. The fourth-order valence-corrected chi connectivity index (χ4v) is 3.81. The van der Waals surface area contributed by atoms with E-state index in [9.17, 15) is 9.59 Å². The number of hydrogen-bond donors (Lipinski definition) is 1. The second-order valence-corrected chi connectivity index (χ2v) is 7.52. The summed E-state index contributed by atoms with van der Waals surface area (Å²) in [4.78, 5) is 31.4. The number of ether oxygens (including phenoxy) is 1. The van der Waals surface area contributed by atoms with E-state index in [2.05, 4.69) is 24.1 Å². The first kappa shape index (κ1) is 18.7. The van der Waals surface area contributed by atoms with Gasteiger partial charge in [0.05, 0.1) is 24.9 Å². The van der Waals surface area contributed by atoms with Crippen molar-refractivity contribution in [2.75, 3.05) is 7.11 Å². The lowest BCUT2D eigenvalue weighted by atomic mass is 10.0. The summed E-state index contributed by atoms with van der Waals surface area (Å²) in [7, 11) is 1.57. The summed E-state index contributed by atoms with van der Waals surface area (Å²) < 4.78 is 5.41. The van der Waals surface area contributed by atoms with Gasteiger partial charge in [-0.2, -0.15) is 0 Å². The van der Waals surface area contributed by atoms with Gasteiger partial charge in [0.2, 0.25) is 11.8 Å². The largest absolute Gasteiger partial charge is 0.481 e. The van der Waals surface area contributed by atoms with E-state index in [-0.39, 0.29) is 11.8 Å². The van der Waals surface area contributed by atoms with Gasteiger partial charge in [-0.25, -0.2) is 4.98 Å². The molecule has 2 heterocycles. The SMILES string of the molecule is CC[C@H](C)CC(=O)NCc1cc2c(nc1OC)CN(C1CCCC1)C2=O. The molecular formula is C20H29N3O3. The topological polar surface area (TPSA) is 71.5 Å². The Morgan fingerprint density at radius 2 is 2.15 bits per heavy atom. The Kier molecular flexibility index (Phi) is 5.79. The second kappa shape index (κ2) is 8.06. The summed E-state index contributed by atoms with van der Waals surface area (Å²) in [5.74, 6) is 0.931. The number of amides is 2. The minimum atomic E-state index is 0.0146. The smallest absolute Gasteiger partial charge is 0.256 e. The van der Waals surface area contributed by atoms with Crippen molar-refractivity contribution in [2.45, 2.75) is 71.5 Å². The lowest BCUT2D eigenvalue weighted by molar-refractivity contribution is -0.122. The van der Waals surface area contributed by atoms with Gasteiger partial charge in [0.25, 0.3) is 5.91 Å². The van der Waals surface area contributed by atoms with Crippen LogP contribution in [0.2, 0.25) is 0 Å². The predicted octanol–water partition coefficient (Wildman–Crippen LogP) is 3.04. The molecule has 0 aromatic carbocycles. The Hall–Kier alpha value is -2.11. The van der Waals surface area contributed by atoms with Crippen molar-refractivity contribution in [3.8, 4) is 5.88 Å². The molecule has 6 heteroatoms. The van der Waals surface area contributed by atoms with Crippen LogP contribution in [0.15, 0.2) is 6.07 Å². The highest BCUT2D eigenvalue weighted by Gasteiger charge is 2.35. The van der Waals surface area contributed by atoms with Crippen molar-refractivity contribution in [3.05, 3.63) is 22.9 Å². The molecule has 0 spiro atoms. The molecule has 3 rings (SSSR count).